The SMILES string of the molecule is CC1CCc2ccc(C(C)(C)C)cc2C1CCN. The lowest BCUT2D eigenvalue weighted by molar-refractivity contribution is 0.386. The van der Waals surface area contributed by atoms with E-state index >= 15 is 0 Å². The first-order valence-electron chi connectivity index (χ1n) is 7.27. The Labute approximate surface area is 112 Å². The van der Waals surface area contributed by atoms with Gasteiger partial charge in [-0.1, -0.05) is 45.9 Å². The molecular weight excluding hydrogens is 218 g/mol. The second-order valence-electron chi connectivity index (χ2n) is 6.86. The van der Waals surface area contributed by atoms with Gasteiger partial charge in [0, 0.05) is 0 Å². The van der Waals surface area contributed by atoms with E-state index in [4.69, 9.17) is 5.73 Å². The van der Waals surface area contributed by atoms with Crippen molar-refractivity contribution in [2.24, 2.45) is 11.7 Å². The summed E-state index contributed by atoms with van der Waals surface area (Å²) >= 11 is 0. The topological polar surface area (TPSA) is 26.0 Å². The number of benzene rings is 1. The predicted octanol–water partition coefficient (Wildman–Crippen LogP) is 4.00. The minimum absolute atomic E-state index is 0.239. The molecule has 0 radical (unpaired) electrons. The van der Waals surface area contributed by atoms with Gasteiger partial charge >= 0.3 is 0 Å². The van der Waals surface area contributed by atoms with Gasteiger partial charge in [-0.15, -0.1) is 0 Å². The monoisotopic (exact) mass is 245 g/mol. The molecule has 1 aromatic rings. The van der Waals surface area contributed by atoms with Crippen molar-refractivity contribution in [3.05, 3.63) is 34.9 Å². The third-order valence-corrected chi connectivity index (χ3v) is 4.44. The Bertz CT molecular complexity index is 414. The zero-order valence-corrected chi connectivity index (χ0v) is 12.3. The van der Waals surface area contributed by atoms with E-state index in [1.165, 1.54) is 18.4 Å². The third-order valence-electron chi connectivity index (χ3n) is 4.44. The highest BCUT2D eigenvalue weighted by Gasteiger charge is 2.27. The summed E-state index contributed by atoms with van der Waals surface area (Å²) in [6, 6.07) is 7.12. The van der Waals surface area contributed by atoms with Crippen LogP contribution in [0.5, 0.6) is 0 Å². The van der Waals surface area contributed by atoms with Crippen molar-refractivity contribution in [3.8, 4) is 0 Å². The summed E-state index contributed by atoms with van der Waals surface area (Å²) in [5, 5.41) is 0. The summed E-state index contributed by atoms with van der Waals surface area (Å²) in [5.41, 5.74) is 10.6. The first-order chi connectivity index (χ1) is 8.43. The Morgan fingerprint density at radius 3 is 2.61 bits per heavy atom. The Morgan fingerprint density at radius 2 is 2.00 bits per heavy atom. The van der Waals surface area contributed by atoms with Crippen molar-refractivity contribution in [2.45, 2.75) is 58.3 Å². The molecule has 1 aliphatic carbocycles. The Hall–Kier alpha value is -0.820. The molecule has 0 amide bonds. The van der Waals surface area contributed by atoms with Gasteiger partial charge in [0.05, 0.1) is 0 Å². The van der Waals surface area contributed by atoms with Crippen molar-refractivity contribution in [1.82, 2.24) is 0 Å². The van der Waals surface area contributed by atoms with Crippen LogP contribution in [0.15, 0.2) is 18.2 Å². The van der Waals surface area contributed by atoms with Gasteiger partial charge in [0.1, 0.15) is 0 Å². The quantitative estimate of drug-likeness (QED) is 0.837. The normalized spacial score (nSPS) is 23.8. The molecule has 0 bridgehead atoms. The molecule has 1 heteroatoms. The van der Waals surface area contributed by atoms with Gasteiger partial charge in [0.2, 0.25) is 0 Å². The second kappa shape index (κ2) is 5.05. The van der Waals surface area contributed by atoms with Crippen LogP contribution in [0.3, 0.4) is 0 Å². The molecule has 0 aliphatic heterocycles. The fourth-order valence-electron chi connectivity index (χ4n) is 3.14. The van der Waals surface area contributed by atoms with E-state index in [0.29, 0.717) is 5.92 Å². The van der Waals surface area contributed by atoms with Crippen molar-refractivity contribution in [3.63, 3.8) is 0 Å². The molecule has 0 saturated carbocycles. The Morgan fingerprint density at radius 1 is 1.28 bits per heavy atom. The van der Waals surface area contributed by atoms with Crippen LogP contribution in [0.2, 0.25) is 0 Å². The molecular formula is C17H27N. The third kappa shape index (κ3) is 2.61. The molecule has 0 aromatic heterocycles. The van der Waals surface area contributed by atoms with Crippen molar-refractivity contribution in [2.75, 3.05) is 6.54 Å². The molecule has 0 spiro atoms. The van der Waals surface area contributed by atoms with Crippen LogP contribution in [-0.2, 0) is 11.8 Å². The van der Waals surface area contributed by atoms with Gasteiger partial charge in [-0.25, -0.2) is 0 Å². The number of fused-ring (bicyclic) bond motifs is 1. The minimum Gasteiger partial charge on any atom is -0.330 e. The molecule has 2 atom stereocenters. The van der Waals surface area contributed by atoms with Crippen molar-refractivity contribution < 1.29 is 0 Å². The first kappa shape index (κ1) is 13.6. The van der Waals surface area contributed by atoms with Crippen LogP contribution in [0.1, 0.15) is 63.1 Å². The van der Waals surface area contributed by atoms with Crippen molar-refractivity contribution >= 4 is 0 Å². The highest BCUT2D eigenvalue weighted by Crippen LogP contribution is 2.39. The fourth-order valence-corrected chi connectivity index (χ4v) is 3.14. The van der Waals surface area contributed by atoms with Crippen LogP contribution in [0.25, 0.3) is 0 Å². The maximum absolute atomic E-state index is 5.80. The van der Waals surface area contributed by atoms with Crippen LogP contribution >= 0.6 is 0 Å². The molecule has 1 aromatic carbocycles. The average Bonchev–Trinajstić information content (AvgIpc) is 2.31. The summed E-state index contributed by atoms with van der Waals surface area (Å²) in [6.07, 6.45) is 3.68. The largest absolute Gasteiger partial charge is 0.330 e. The Balaban J connectivity index is 2.42. The van der Waals surface area contributed by atoms with Gasteiger partial charge in [0.25, 0.3) is 0 Å². The molecule has 0 fully saturated rings. The highest BCUT2D eigenvalue weighted by molar-refractivity contribution is 5.39. The molecule has 2 rings (SSSR count). The van der Waals surface area contributed by atoms with E-state index in [9.17, 15) is 0 Å². The summed E-state index contributed by atoms with van der Waals surface area (Å²) in [5.74, 6) is 1.44. The minimum atomic E-state index is 0.239. The maximum atomic E-state index is 5.80. The zero-order valence-electron chi connectivity index (χ0n) is 12.3. The molecule has 2 N–H and O–H groups in total. The summed E-state index contributed by atoms with van der Waals surface area (Å²) in [6.45, 7) is 10.1. The molecule has 18 heavy (non-hydrogen) atoms. The van der Waals surface area contributed by atoms with Gasteiger partial charge in [-0.2, -0.15) is 0 Å². The number of rotatable bonds is 2. The van der Waals surface area contributed by atoms with Crippen LogP contribution in [0, 0.1) is 5.92 Å². The van der Waals surface area contributed by atoms with Gasteiger partial charge in [-0.3, -0.25) is 0 Å². The molecule has 100 valence electrons. The fraction of sp³-hybridized carbons (Fsp3) is 0.647. The van der Waals surface area contributed by atoms with E-state index in [1.54, 1.807) is 11.1 Å². The highest BCUT2D eigenvalue weighted by atomic mass is 14.5. The number of nitrogens with two attached hydrogens (primary N) is 1. The lowest BCUT2D eigenvalue weighted by atomic mass is 9.72. The smallest absolute Gasteiger partial charge is 0.00713 e. The summed E-state index contributed by atoms with van der Waals surface area (Å²) < 4.78 is 0. The van der Waals surface area contributed by atoms with E-state index in [1.807, 2.05) is 0 Å². The Kier molecular flexibility index (Phi) is 3.82. The molecule has 0 saturated heterocycles. The van der Waals surface area contributed by atoms with Gasteiger partial charge in [-0.05, 0) is 59.7 Å². The second-order valence-corrected chi connectivity index (χ2v) is 6.86. The molecule has 2 unspecified atom stereocenters. The lowest BCUT2D eigenvalue weighted by Crippen LogP contribution is -2.22. The number of hydrogen-bond acceptors (Lipinski definition) is 1. The first-order valence-corrected chi connectivity index (χ1v) is 7.27. The molecule has 0 heterocycles. The number of aryl methyl sites for hydroxylation is 1. The van der Waals surface area contributed by atoms with E-state index in [2.05, 4.69) is 45.9 Å². The number of hydrogen-bond donors (Lipinski definition) is 1. The summed E-state index contributed by atoms with van der Waals surface area (Å²) in [4.78, 5) is 0. The maximum Gasteiger partial charge on any atom is -0.00713 e. The zero-order chi connectivity index (χ0) is 13.3. The van der Waals surface area contributed by atoms with Gasteiger partial charge in [0.15, 0.2) is 0 Å². The van der Waals surface area contributed by atoms with Gasteiger partial charge < -0.3 is 5.73 Å². The molecule has 1 nitrogen and oxygen atoms in total. The standard InChI is InChI=1S/C17H27N/c1-12-5-6-13-7-8-14(17(2,3)4)11-16(13)15(12)9-10-18/h7-8,11-12,15H,5-6,9-10,18H2,1-4H3. The summed E-state index contributed by atoms with van der Waals surface area (Å²) in [7, 11) is 0. The van der Waals surface area contributed by atoms with Crippen LogP contribution < -0.4 is 5.73 Å². The molecule has 1 aliphatic rings. The average molecular weight is 245 g/mol. The van der Waals surface area contributed by atoms with E-state index < -0.39 is 0 Å². The van der Waals surface area contributed by atoms with Crippen LogP contribution in [-0.4, -0.2) is 6.54 Å². The lowest BCUT2D eigenvalue weighted by Gasteiger charge is -2.33. The van der Waals surface area contributed by atoms with E-state index in [0.717, 1.165) is 18.9 Å². The predicted molar refractivity (Wildman–Crippen MR) is 79.0 cm³/mol. The van der Waals surface area contributed by atoms with E-state index in [-0.39, 0.29) is 5.41 Å². The van der Waals surface area contributed by atoms with Crippen LogP contribution in [0.4, 0.5) is 0 Å². The van der Waals surface area contributed by atoms with Crippen molar-refractivity contribution in [1.29, 1.82) is 0 Å².